The van der Waals surface area contributed by atoms with Gasteiger partial charge in [-0.1, -0.05) is 37.3 Å². The molecule has 0 atom stereocenters. The van der Waals surface area contributed by atoms with Crippen LogP contribution in [0.2, 0.25) is 0 Å². The number of thiocarbonyl (C=S) groups is 1. The maximum atomic E-state index is 11.9. The number of carbonyl (C=O) groups excluding carboxylic acids is 3. The number of fused-ring (bicyclic) bond motifs is 1. The van der Waals surface area contributed by atoms with Gasteiger partial charge in [0.25, 0.3) is 5.91 Å². The number of rotatable bonds is 8. The number of benzene rings is 2. The number of hydrazine groups is 1. The lowest BCUT2D eigenvalue weighted by atomic mass is 10.1. The van der Waals surface area contributed by atoms with Gasteiger partial charge in [-0.05, 0) is 41.5 Å². The van der Waals surface area contributed by atoms with E-state index in [-0.39, 0.29) is 24.6 Å². The van der Waals surface area contributed by atoms with E-state index in [4.69, 9.17) is 21.7 Å². The predicted octanol–water partition coefficient (Wildman–Crippen LogP) is 1.97. The number of carbonyl (C=O) groups is 3. The second kappa shape index (κ2) is 11.6. The van der Waals surface area contributed by atoms with Gasteiger partial charge in [0.05, 0.1) is 13.0 Å². The number of hydrogen-bond donors (Lipinski definition) is 3. The maximum Gasteiger partial charge on any atom is 0.306 e. The second-order valence-corrected chi connectivity index (χ2v) is 6.48. The molecule has 2 rings (SSSR count). The Bertz CT molecular complexity index is 887. The van der Waals surface area contributed by atoms with Gasteiger partial charge >= 0.3 is 5.97 Å². The fraction of sp³-hybridized carbons (Fsp3) is 0.300. The van der Waals surface area contributed by atoms with Crippen molar-refractivity contribution in [2.75, 3.05) is 13.2 Å². The minimum absolute atomic E-state index is 0.0413. The Balaban J connectivity index is 1.65. The smallest absolute Gasteiger partial charge is 0.306 e. The van der Waals surface area contributed by atoms with Crippen LogP contribution >= 0.6 is 12.2 Å². The molecule has 2 aromatic carbocycles. The number of ether oxygens (including phenoxy) is 2. The average molecular weight is 417 g/mol. The Hall–Kier alpha value is -3.20. The van der Waals surface area contributed by atoms with Gasteiger partial charge < -0.3 is 14.8 Å². The second-order valence-electron chi connectivity index (χ2n) is 6.07. The van der Waals surface area contributed by atoms with Crippen LogP contribution in [0.4, 0.5) is 0 Å². The van der Waals surface area contributed by atoms with Crippen LogP contribution in [0.15, 0.2) is 42.5 Å². The molecule has 0 aromatic heterocycles. The normalized spacial score (nSPS) is 10.1. The summed E-state index contributed by atoms with van der Waals surface area (Å²) >= 11 is 4.91. The van der Waals surface area contributed by atoms with Crippen LogP contribution in [-0.2, 0) is 19.1 Å². The summed E-state index contributed by atoms with van der Waals surface area (Å²) in [5, 5.41) is 4.35. The summed E-state index contributed by atoms with van der Waals surface area (Å²) < 4.78 is 10.3. The van der Waals surface area contributed by atoms with Crippen molar-refractivity contribution in [3.63, 3.8) is 0 Å². The molecule has 8 nitrogen and oxygen atoms in total. The van der Waals surface area contributed by atoms with Crippen LogP contribution in [0, 0.1) is 0 Å². The van der Waals surface area contributed by atoms with E-state index >= 15 is 0 Å². The van der Waals surface area contributed by atoms with E-state index in [2.05, 4.69) is 16.2 Å². The lowest BCUT2D eigenvalue weighted by molar-refractivity contribution is -0.144. The van der Waals surface area contributed by atoms with Gasteiger partial charge in [0.2, 0.25) is 5.91 Å². The average Bonchev–Trinajstić information content (AvgIpc) is 2.73. The highest BCUT2D eigenvalue weighted by molar-refractivity contribution is 7.80. The Morgan fingerprint density at radius 1 is 0.966 bits per heavy atom. The summed E-state index contributed by atoms with van der Waals surface area (Å²) in [6.07, 6.45) is 0.611. The zero-order valence-corrected chi connectivity index (χ0v) is 16.8. The van der Waals surface area contributed by atoms with Crippen molar-refractivity contribution in [1.82, 2.24) is 16.2 Å². The molecule has 3 N–H and O–H groups in total. The van der Waals surface area contributed by atoms with Crippen LogP contribution in [0.3, 0.4) is 0 Å². The van der Waals surface area contributed by atoms with E-state index in [0.717, 1.165) is 17.2 Å². The summed E-state index contributed by atoms with van der Waals surface area (Å²) in [5.74, 6) is -0.819. The summed E-state index contributed by atoms with van der Waals surface area (Å²) in [6, 6.07) is 13.3. The van der Waals surface area contributed by atoms with Crippen molar-refractivity contribution in [3.8, 4) is 5.75 Å². The standard InChI is InChI=1S/C20H23N3O5S/c1-2-11-27-19(26)10-9-17(24)21-20(29)23-22-18(25)13-28-16-8-7-14-5-3-4-6-15(14)12-16/h3-8,12H,2,9-11,13H2,1H3,(H,22,25)(H2,21,23,24,29). The maximum absolute atomic E-state index is 11.9. The number of nitrogens with one attached hydrogen (secondary N) is 3. The Kier molecular flexibility index (Phi) is 8.84. The Morgan fingerprint density at radius 3 is 2.48 bits per heavy atom. The molecular weight excluding hydrogens is 394 g/mol. The molecule has 0 heterocycles. The molecule has 2 amide bonds. The number of esters is 1. The van der Waals surface area contributed by atoms with Crippen LogP contribution in [0.25, 0.3) is 10.8 Å². The summed E-state index contributed by atoms with van der Waals surface area (Å²) in [6.45, 7) is 1.98. The molecule has 0 fully saturated rings. The minimum atomic E-state index is -0.474. The predicted molar refractivity (Wildman–Crippen MR) is 112 cm³/mol. The van der Waals surface area contributed by atoms with Crippen LogP contribution in [0.5, 0.6) is 5.75 Å². The van der Waals surface area contributed by atoms with Gasteiger partial charge in [-0.2, -0.15) is 0 Å². The largest absolute Gasteiger partial charge is 0.484 e. The number of amides is 2. The first-order valence-corrected chi connectivity index (χ1v) is 9.54. The van der Waals surface area contributed by atoms with Gasteiger partial charge in [0.1, 0.15) is 5.75 Å². The summed E-state index contributed by atoms with van der Waals surface area (Å²) in [7, 11) is 0. The lowest BCUT2D eigenvalue weighted by Crippen LogP contribution is -2.49. The molecule has 0 aliphatic rings. The van der Waals surface area contributed by atoms with Crippen molar-refractivity contribution in [2.45, 2.75) is 26.2 Å². The van der Waals surface area contributed by atoms with E-state index in [1.54, 1.807) is 6.07 Å². The minimum Gasteiger partial charge on any atom is -0.484 e. The number of hydrogen-bond acceptors (Lipinski definition) is 6. The quantitative estimate of drug-likeness (QED) is 0.343. The molecule has 2 aromatic rings. The van der Waals surface area contributed by atoms with Crippen LogP contribution < -0.4 is 20.9 Å². The van der Waals surface area contributed by atoms with Gasteiger partial charge in [0, 0.05) is 6.42 Å². The monoisotopic (exact) mass is 417 g/mol. The molecule has 29 heavy (non-hydrogen) atoms. The third-order valence-electron chi connectivity index (χ3n) is 3.68. The van der Waals surface area contributed by atoms with E-state index in [1.807, 2.05) is 43.3 Å². The molecule has 0 unspecified atom stereocenters. The van der Waals surface area contributed by atoms with Crippen molar-refractivity contribution < 1.29 is 23.9 Å². The topological polar surface area (TPSA) is 106 Å². The fourth-order valence-corrected chi connectivity index (χ4v) is 2.46. The van der Waals surface area contributed by atoms with Gasteiger partial charge in [-0.25, -0.2) is 0 Å². The first-order valence-electron chi connectivity index (χ1n) is 9.14. The first kappa shape index (κ1) is 22.1. The van der Waals surface area contributed by atoms with Crippen LogP contribution in [-0.4, -0.2) is 36.1 Å². The summed E-state index contributed by atoms with van der Waals surface area (Å²) in [4.78, 5) is 34.9. The van der Waals surface area contributed by atoms with Crippen molar-refractivity contribution in [3.05, 3.63) is 42.5 Å². The molecule has 0 aliphatic heterocycles. The van der Waals surface area contributed by atoms with Gasteiger partial charge in [-0.15, -0.1) is 0 Å². The van der Waals surface area contributed by atoms with E-state index in [1.165, 1.54) is 0 Å². The highest BCUT2D eigenvalue weighted by atomic mass is 32.1. The first-order chi connectivity index (χ1) is 14.0. The molecule has 0 bridgehead atoms. The van der Waals surface area contributed by atoms with Crippen molar-refractivity contribution in [2.24, 2.45) is 0 Å². The van der Waals surface area contributed by atoms with Crippen LogP contribution in [0.1, 0.15) is 26.2 Å². The molecule has 9 heteroatoms. The zero-order chi connectivity index (χ0) is 21.1. The van der Waals surface area contributed by atoms with E-state index < -0.39 is 17.8 Å². The molecule has 0 spiro atoms. The Morgan fingerprint density at radius 2 is 1.72 bits per heavy atom. The Labute approximate surface area is 173 Å². The molecular formula is C20H23N3O5S. The highest BCUT2D eigenvalue weighted by Gasteiger charge is 2.10. The molecule has 0 saturated carbocycles. The molecule has 0 radical (unpaired) electrons. The highest BCUT2D eigenvalue weighted by Crippen LogP contribution is 2.20. The third kappa shape index (κ3) is 8.14. The zero-order valence-electron chi connectivity index (χ0n) is 16.0. The van der Waals surface area contributed by atoms with Crippen molar-refractivity contribution in [1.29, 1.82) is 0 Å². The SMILES string of the molecule is CCCOC(=O)CCC(=O)NC(=S)NNC(=O)COc1ccc2ccccc2c1. The third-order valence-corrected chi connectivity index (χ3v) is 3.89. The van der Waals surface area contributed by atoms with Crippen molar-refractivity contribution >= 4 is 45.9 Å². The molecule has 154 valence electrons. The lowest BCUT2D eigenvalue weighted by Gasteiger charge is -2.11. The fourth-order valence-electron chi connectivity index (χ4n) is 2.29. The molecule has 0 aliphatic carbocycles. The molecule has 0 saturated heterocycles. The van der Waals surface area contributed by atoms with E-state index in [9.17, 15) is 14.4 Å². The van der Waals surface area contributed by atoms with E-state index in [0.29, 0.717) is 12.4 Å². The summed E-state index contributed by atoms with van der Waals surface area (Å²) in [5.41, 5.74) is 4.73. The van der Waals surface area contributed by atoms with Gasteiger partial charge in [0.15, 0.2) is 11.7 Å². The van der Waals surface area contributed by atoms with Gasteiger partial charge in [-0.3, -0.25) is 25.2 Å².